The largest absolute Gasteiger partial charge is 0.396 e. The molecule has 0 aromatic heterocycles. The van der Waals surface area contributed by atoms with Crippen LogP contribution in [-0.2, 0) is 0 Å². The van der Waals surface area contributed by atoms with Gasteiger partial charge in [-0.25, -0.2) is 4.79 Å². The van der Waals surface area contributed by atoms with Crippen molar-refractivity contribution < 1.29 is 9.90 Å². The molecule has 0 heterocycles. The van der Waals surface area contributed by atoms with Crippen molar-refractivity contribution in [1.82, 2.24) is 0 Å². The van der Waals surface area contributed by atoms with Crippen LogP contribution in [0.25, 0.3) is 0 Å². The highest BCUT2D eigenvalue weighted by Crippen LogP contribution is 2.17. The fraction of sp³-hybridized carbons (Fsp3) is 0.300. The molecule has 1 rings (SSSR count). The van der Waals surface area contributed by atoms with E-state index in [0.29, 0.717) is 12.1 Å². The topological polar surface area (TPSA) is 101 Å². The Bertz CT molecular complexity index is 341. The van der Waals surface area contributed by atoms with Gasteiger partial charge < -0.3 is 21.9 Å². The summed E-state index contributed by atoms with van der Waals surface area (Å²) in [4.78, 5) is 10.6. The number of carbonyl (C=O) groups excluding carboxylic acids is 1. The van der Waals surface area contributed by atoms with Gasteiger partial charge in [-0.2, -0.15) is 0 Å². The Morgan fingerprint density at radius 2 is 2.27 bits per heavy atom. The van der Waals surface area contributed by atoms with Crippen molar-refractivity contribution in [2.75, 3.05) is 11.9 Å². The lowest BCUT2D eigenvalue weighted by molar-refractivity contribution is 0.259. The molecule has 0 radical (unpaired) electrons. The summed E-state index contributed by atoms with van der Waals surface area (Å²) < 4.78 is 0. The summed E-state index contributed by atoms with van der Waals surface area (Å²) in [6.07, 6.45) is 0.486. The molecule has 0 aliphatic rings. The van der Waals surface area contributed by atoms with Crippen molar-refractivity contribution in [3.05, 3.63) is 29.8 Å². The summed E-state index contributed by atoms with van der Waals surface area (Å²) in [5, 5.41) is 11.2. The molecule has 0 bridgehead atoms. The Hall–Kier alpha value is -1.59. The van der Waals surface area contributed by atoms with E-state index in [9.17, 15) is 4.79 Å². The summed E-state index contributed by atoms with van der Waals surface area (Å²) in [5.41, 5.74) is 12.3. The summed E-state index contributed by atoms with van der Waals surface area (Å²) in [6.45, 7) is 0.0364. The van der Waals surface area contributed by atoms with E-state index in [-0.39, 0.29) is 12.6 Å². The average Bonchev–Trinajstić information content (AvgIpc) is 2.17. The smallest absolute Gasteiger partial charge is 0.316 e. The lowest BCUT2D eigenvalue weighted by atomic mass is 10.0. The van der Waals surface area contributed by atoms with Crippen LogP contribution < -0.4 is 16.8 Å². The number of aliphatic hydroxyl groups is 1. The second-order valence-corrected chi connectivity index (χ2v) is 3.23. The zero-order valence-electron chi connectivity index (χ0n) is 8.31. The Balaban J connectivity index is 2.77. The standard InChI is InChI=1S/C10H15N3O2/c11-9(4-5-14)7-2-1-3-8(6-7)13-10(12)15/h1-3,6,9,14H,4-5,11H2,(H3,12,13,15). The van der Waals surface area contributed by atoms with Gasteiger partial charge >= 0.3 is 6.03 Å². The first kappa shape index (κ1) is 11.5. The van der Waals surface area contributed by atoms with Gasteiger partial charge in [0.2, 0.25) is 0 Å². The molecular formula is C10H15N3O2. The maximum atomic E-state index is 10.6. The highest BCUT2D eigenvalue weighted by atomic mass is 16.3. The molecule has 0 aliphatic carbocycles. The van der Waals surface area contributed by atoms with Crippen LogP contribution in [0.3, 0.4) is 0 Å². The van der Waals surface area contributed by atoms with Crippen LogP contribution in [0.1, 0.15) is 18.0 Å². The average molecular weight is 209 g/mol. The van der Waals surface area contributed by atoms with Crippen LogP contribution >= 0.6 is 0 Å². The zero-order chi connectivity index (χ0) is 11.3. The van der Waals surface area contributed by atoms with E-state index < -0.39 is 6.03 Å². The van der Waals surface area contributed by atoms with Crippen LogP contribution in [0.15, 0.2) is 24.3 Å². The first-order chi connectivity index (χ1) is 7.13. The molecular weight excluding hydrogens is 194 g/mol. The molecule has 1 unspecified atom stereocenters. The third kappa shape index (κ3) is 3.57. The summed E-state index contributed by atoms with van der Waals surface area (Å²) in [7, 11) is 0. The second-order valence-electron chi connectivity index (χ2n) is 3.23. The molecule has 15 heavy (non-hydrogen) atoms. The van der Waals surface area contributed by atoms with Gasteiger partial charge in [-0.3, -0.25) is 0 Å². The van der Waals surface area contributed by atoms with E-state index >= 15 is 0 Å². The third-order valence-electron chi connectivity index (χ3n) is 2.02. The SMILES string of the molecule is NC(=O)Nc1cccc(C(N)CCO)c1. The normalized spacial score (nSPS) is 12.1. The summed E-state index contributed by atoms with van der Waals surface area (Å²) in [5.74, 6) is 0. The van der Waals surface area contributed by atoms with Crippen molar-refractivity contribution in [3.63, 3.8) is 0 Å². The molecule has 0 saturated carbocycles. The molecule has 0 saturated heterocycles. The zero-order valence-corrected chi connectivity index (χ0v) is 8.31. The van der Waals surface area contributed by atoms with Gasteiger partial charge in [-0.05, 0) is 24.1 Å². The van der Waals surface area contributed by atoms with Gasteiger partial charge in [0.05, 0.1) is 0 Å². The van der Waals surface area contributed by atoms with Gasteiger partial charge in [0.1, 0.15) is 0 Å². The molecule has 0 aliphatic heterocycles. The van der Waals surface area contributed by atoms with Crippen LogP contribution in [-0.4, -0.2) is 17.7 Å². The predicted molar refractivity (Wildman–Crippen MR) is 58.3 cm³/mol. The molecule has 5 nitrogen and oxygen atoms in total. The third-order valence-corrected chi connectivity index (χ3v) is 2.02. The first-order valence-corrected chi connectivity index (χ1v) is 4.66. The number of benzene rings is 1. The van der Waals surface area contributed by atoms with Gasteiger partial charge in [0.25, 0.3) is 0 Å². The Morgan fingerprint density at radius 1 is 1.53 bits per heavy atom. The van der Waals surface area contributed by atoms with E-state index in [1.165, 1.54) is 0 Å². The van der Waals surface area contributed by atoms with Gasteiger partial charge in [0, 0.05) is 18.3 Å². The number of primary amides is 1. The molecule has 82 valence electrons. The number of hydrogen-bond donors (Lipinski definition) is 4. The van der Waals surface area contributed by atoms with Crippen molar-refractivity contribution >= 4 is 11.7 Å². The maximum absolute atomic E-state index is 10.6. The molecule has 1 aromatic carbocycles. The lowest BCUT2D eigenvalue weighted by Gasteiger charge is -2.11. The van der Waals surface area contributed by atoms with E-state index in [0.717, 1.165) is 5.56 Å². The molecule has 1 atom stereocenters. The second kappa shape index (κ2) is 5.33. The van der Waals surface area contributed by atoms with Gasteiger partial charge in [-0.15, -0.1) is 0 Å². The van der Waals surface area contributed by atoms with Crippen LogP contribution in [0.5, 0.6) is 0 Å². The molecule has 2 amide bonds. The minimum Gasteiger partial charge on any atom is -0.396 e. The van der Waals surface area contributed by atoms with Crippen molar-refractivity contribution in [2.45, 2.75) is 12.5 Å². The van der Waals surface area contributed by atoms with E-state index in [2.05, 4.69) is 5.32 Å². The fourth-order valence-corrected chi connectivity index (χ4v) is 1.30. The van der Waals surface area contributed by atoms with Crippen LogP contribution in [0, 0.1) is 0 Å². The highest BCUT2D eigenvalue weighted by Gasteiger charge is 2.06. The van der Waals surface area contributed by atoms with E-state index in [1.807, 2.05) is 6.07 Å². The lowest BCUT2D eigenvalue weighted by Crippen LogP contribution is -2.19. The molecule has 6 N–H and O–H groups in total. The number of nitrogens with two attached hydrogens (primary N) is 2. The molecule has 0 spiro atoms. The minimum absolute atomic E-state index is 0.0364. The predicted octanol–water partition coefficient (Wildman–Crippen LogP) is 0.559. The van der Waals surface area contributed by atoms with Gasteiger partial charge in [-0.1, -0.05) is 12.1 Å². The van der Waals surface area contributed by atoms with Crippen LogP contribution in [0.4, 0.5) is 10.5 Å². The maximum Gasteiger partial charge on any atom is 0.316 e. The Morgan fingerprint density at radius 3 is 2.87 bits per heavy atom. The van der Waals surface area contributed by atoms with Gasteiger partial charge in [0.15, 0.2) is 0 Å². The number of hydrogen-bond acceptors (Lipinski definition) is 3. The number of aliphatic hydroxyl groups excluding tert-OH is 1. The minimum atomic E-state index is -0.608. The number of carbonyl (C=O) groups is 1. The molecule has 5 heteroatoms. The highest BCUT2D eigenvalue weighted by molar-refractivity contribution is 5.87. The number of anilines is 1. The number of urea groups is 1. The van der Waals surface area contributed by atoms with E-state index in [4.69, 9.17) is 16.6 Å². The van der Waals surface area contributed by atoms with Crippen molar-refractivity contribution in [1.29, 1.82) is 0 Å². The number of nitrogens with one attached hydrogen (secondary N) is 1. The monoisotopic (exact) mass is 209 g/mol. The molecule has 0 fully saturated rings. The Kier molecular flexibility index (Phi) is 4.08. The van der Waals surface area contributed by atoms with Crippen LogP contribution in [0.2, 0.25) is 0 Å². The fourth-order valence-electron chi connectivity index (χ4n) is 1.30. The summed E-state index contributed by atoms with van der Waals surface area (Å²) in [6, 6.07) is 6.24. The number of rotatable bonds is 4. The van der Waals surface area contributed by atoms with Crippen molar-refractivity contribution in [2.24, 2.45) is 11.5 Å². The Labute approximate surface area is 88.1 Å². The molecule has 1 aromatic rings. The first-order valence-electron chi connectivity index (χ1n) is 4.66. The van der Waals surface area contributed by atoms with E-state index in [1.54, 1.807) is 18.2 Å². The number of amides is 2. The van der Waals surface area contributed by atoms with Crippen molar-refractivity contribution in [3.8, 4) is 0 Å². The summed E-state index contributed by atoms with van der Waals surface area (Å²) >= 11 is 0. The quantitative estimate of drug-likeness (QED) is 0.582.